The van der Waals surface area contributed by atoms with Gasteiger partial charge in [-0.05, 0) is 86.5 Å². The molecule has 0 aromatic heterocycles. The Labute approximate surface area is 232 Å². The number of nitrogens with one attached hydrogen (secondary N) is 1. The number of carbonyl (C=O) groups excluding carboxylic acids is 1. The maximum Gasteiger partial charge on any atom is 0.244 e. The van der Waals surface area contributed by atoms with Gasteiger partial charge in [0.2, 0.25) is 5.91 Å². The van der Waals surface area contributed by atoms with Gasteiger partial charge in [0.1, 0.15) is 6.61 Å². The van der Waals surface area contributed by atoms with E-state index in [1.54, 1.807) is 13.2 Å². The molecule has 5 rings (SSSR count). The zero-order valence-electron chi connectivity index (χ0n) is 23.0. The van der Waals surface area contributed by atoms with Crippen molar-refractivity contribution < 1.29 is 14.3 Å². The summed E-state index contributed by atoms with van der Waals surface area (Å²) in [6.07, 6.45) is 11.5. The van der Waals surface area contributed by atoms with Gasteiger partial charge in [0, 0.05) is 17.7 Å². The van der Waals surface area contributed by atoms with Gasteiger partial charge in [-0.15, -0.1) is 0 Å². The van der Waals surface area contributed by atoms with Gasteiger partial charge in [-0.2, -0.15) is 0 Å². The summed E-state index contributed by atoms with van der Waals surface area (Å²) in [5.74, 6) is 1.28. The lowest BCUT2D eigenvalue weighted by atomic mass is 9.73. The molecular formula is C34H40N2O3. The molecule has 204 valence electrons. The molecule has 1 saturated carbocycles. The van der Waals surface area contributed by atoms with Crippen LogP contribution in [0.5, 0.6) is 11.5 Å². The highest BCUT2D eigenvalue weighted by atomic mass is 16.5. The zero-order valence-corrected chi connectivity index (χ0v) is 23.0. The first-order valence-corrected chi connectivity index (χ1v) is 14.3. The van der Waals surface area contributed by atoms with E-state index >= 15 is 0 Å². The van der Waals surface area contributed by atoms with E-state index < -0.39 is 0 Å². The molecule has 39 heavy (non-hydrogen) atoms. The van der Waals surface area contributed by atoms with Crippen LogP contribution in [0.25, 0.3) is 6.08 Å². The number of piperidine rings is 1. The van der Waals surface area contributed by atoms with Crippen LogP contribution in [0.15, 0.2) is 84.9 Å². The Morgan fingerprint density at radius 2 is 1.62 bits per heavy atom. The fraction of sp³-hybridized carbons (Fsp3) is 0.382. The van der Waals surface area contributed by atoms with Crippen LogP contribution >= 0.6 is 0 Å². The molecule has 5 nitrogen and oxygen atoms in total. The maximum atomic E-state index is 12.8. The molecule has 0 radical (unpaired) electrons. The molecule has 2 aliphatic rings. The predicted octanol–water partition coefficient (Wildman–Crippen LogP) is 6.73. The molecule has 5 heteroatoms. The Balaban J connectivity index is 1.17. The molecule has 1 aliphatic carbocycles. The van der Waals surface area contributed by atoms with Gasteiger partial charge < -0.3 is 14.8 Å². The lowest BCUT2D eigenvalue weighted by Gasteiger charge is -2.50. The lowest BCUT2D eigenvalue weighted by Crippen LogP contribution is -2.52. The fourth-order valence-electron chi connectivity index (χ4n) is 6.16. The highest BCUT2D eigenvalue weighted by molar-refractivity contribution is 5.92. The fourth-order valence-corrected chi connectivity index (χ4v) is 6.16. The monoisotopic (exact) mass is 524 g/mol. The van der Waals surface area contributed by atoms with Crippen molar-refractivity contribution in [2.75, 3.05) is 20.2 Å². The average Bonchev–Trinajstić information content (AvgIpc) is 3.01. The highest BCUT2D eigenvalue weighted by Gasteiger charge is 2.42. The van der Waals surface area contributed by atoms with Crippen LogP contribution in [-0.4, -0.2) is 37.0 Å². The van der Waals surface area contributed by atoms with E-state index in [-0.39, 0.29) is 17.5 Å². The topological polar surface area (TPSA) is 50.8 Å². The summed E-state index contributed by atoms with van der Waals surface area (Å²) in [5.41, 5.74) is 3.52. The number of benzene rings is 3. The predicted molar refractivity (Wildman–Crippen MR) is 157 cm³/mol. The van der Waals surface area contributed by atoms with Crippen molar-refractivity contribution in [3.05, 3.63) is 102 Å². The summed E-state index contributed by atoms with van der Waals surface area (Å²) in [6, 6.07) is 27.0. The number of methoxy groups -OCH3 is 1. The molecule has 3 aromatic carbocycles. The Kier molecular flexibility index (Phi) is 9.00. The number of nitrogens with zero attached hydrogens (tertiary/aromatic N) is 1. The van der Waals surface area contributed by atoms with Crippen LogP contribution in [0.3, 0.4) is 0 Å². The molecule has 0 bridgehead atoms. The van der Waals surface area contributed by atoms with Crippen molar-refractivity contribution in [1.29, 1.82) is 0 Å². The first-order chi connectivity index (χ1) is 19.2. The van der Waals surface area contributed by atoms with Crippen molar-refractivity contribution in [3.8, 4) is 11.5 Å². The van der Waals surface area contributed by atoms with Crippen molar-refractivity contribution in [2.24, 2.45) is 0 Å². The van der Waals surface area contributed by atoms with Crippen LogP contribution in [0.4, 0.5) is 0 Å². The van der Waals surface area contributed by atoms with Crippen molar-refractivity contribution in [3.63, 3.8) is 0 Å². The largest absolute Gasteiger partial charge is 0.493 e. The minimum absolute atomic E-state index is 0.0476. The Hall–Kier alpha value is -3.57. The molecule has 0 unspecified atom stereocenters. The number of hydrogen-bond acceptors (Lipinski definition) is 4. The lowest BCUT2D eigenvalue weighted by molar-refractivity contribution is -0.117. The standard InChI is InChI=1S/C34H40N2O3/c1-38-32-25-27(15-17-31(32)39-26-28-11-5-2-6-12-28)16-18-33(37)35-30-19-21-34(22-20-30,29-13-7-3-8-14-29)36-23-9-4-10-24-36/h2-3,5-8,11-18,25,30H,4,9-10,19-24,26H2,1H3,(H,35,37)/b18-16+. The normalized spacial score (nSPS) is 21.9. The van der Waals surface area contributed by atoms with Gasteiger partial charge in [0.15, 0.2) is 11.5 Å². The van der Waals surface area contributed by atoms with Gasteiger partial charge in [-0.25, -0.2) is 0 Å². The molecule has 1 N–H and O–H groups in total. The molecule has 1 heterocycles. The van der Waals surface area contributed by atoms with Crippen LogP contribution in [-0.2, 0) is 16.9 Å². The van der Waals surface area contributed by atoms with Gasteiger partial charge in [0.25, 0.3) is 0 Å². The second-order valence-corrected chi connectivity index (χ2v) is 10.7. The van der Waals surface area contributed by atoms with Crippen LogP contribution in [0.1, 0.15) is 61.6 Å². The number of rotatable bonds is 9. The summed E-state index contributed by atoms with van der Waals surface area (Å²) in [6.45, 7) is 2.82. The third-order valence-electron chi connectivity index (χ3n) is 8.28. The number of hydrogen-bond donors (Lipinski definition) is 1. The van der Waals surface area contributed by atoms with Crippen molar-refractivity contribution in [2.45, 2.75) is 63.1 Å². The summed E-state index contributed by atoms with van der Waals surface area (Å²) in [4.78, 5) is 15.6. The van der Waals surface area contributed by atoms with E-state index in [2.05, 4.69) is 40.5 Å². The third kappa shape index (κ3) is 6.72. The second-order valence-electron chi connectivity index (χ2n) is 10.7. The van der Waals surface area contributed by atoms with Crippen LogP contribution in [0.2, 0.25) is 0 Å². The van der Waals surface area contributed by atoms with E-state index in [0.717, 1.165) is 36.8 Å². The maximum absolute atomic E-state index is 12.8. The minimum Gasteiger partial charge on any atom is -0.493 e. The molecule has 2 fully saturated rings. The van der Waals surface area contributed by atoms with Crippen LogP contribution in [0, 0.1) is 0 Å². The summed E-state index contributed by atoms with van der Waals surface area (Å²) in [7, 11) is 1.63. The quantitative estimate of drug-likeness (QED) is 0.316. The third-order valence-corrected chi connectivity index (χ3v) is 8.28. The summed E-state index contributed by atoms with van der Waals surface area (Å²) in [5, 5.41) is 3.26. The van der Waals surface area contributed by atoms with E-state index in [9.17, 15) is 4.79 Å². The zero-order chi connectivity index (χ0) is 26.9. The molecule has 3 aromatic rings. The second kappa shape index (κ2) is 13.0. The first-order valence-electron chi connectivity index (χ1n) is 14.3. The minimum atomic E-state index is -0.0476. The van der Waals surface area contributed by atoms with Crippen molar-refractivity contribution in [1.82, 2.24) is 10.2 Å². The number of carbonyl (C=O) groups is 1. The molecule has 1 aliphatic heterocycles. The summed E-state index contributed by atoms with van der Waals surface area (Å²) < 4.78 is 11.5. The van der Waals surface area contributed by atoms with Gasteiger partial charge >= 0.3 is 0 Å². The van der Waals surface area contributed by atoms with E-state index in [4.69, 9.17) is 9.47 Å². The number of amides is 1. The van der Waals surface area contributed by atoms with E-state index in [1.807, 2.05) is 54.6 Å². The molecule has 0 atom stereocenters. The summed E-state index contributed by atoms with van der Waals surface area (Å²) >= 11 is 0. The number of ether oxygens (including phenoxy) is 2. The SMILES string of the molecule is COc1cc(/C=C/C(=O)NC2CCC(c3ccccc3)(N3CCCCC3)CC2)ccc1OCc1ccccc1. The Morgan fingerprint density at radius 1 is 0.923 bits per heavy atom. The Morgan fingerprint density at radius 3 is 2.31 bits per heavy atom. The van der Waals surface area contributed by atoms with Gasteiger partial charge in [0.05, 0.1) is 7.11 Å². The molecule has 1 saturated heterocycles. The Bertz CT molecular complexity index is 1230. The number of likely N-dealkylation sites (tertiary alicyclic amines) is 1. The van der Waals surface area contributed by atoms with Gasteiger partial charge in [-0.3, -0.25) is 9.69 Å². The van der Waals surface area contributed by atoms with E-state index in [0.29, 0.717) is 18.1 Å². The van der Waals surface area contributed by atoms with E-state index in [1.165, 1.54) is 37.9 Å². The first kappa shape index (κ1) is 27.0. The molecule has 1 amide bonds. The molecule has 0 spiro atoms. The average molecular weight is 525 g/mol. The van der Waals surface area contributed by atoms with Gasteiger partial charge in [-0.1, -0.05) is 73.2 Å². The van der Waals surface area contributed by atoms with Crippen LogP contribution < -0.4 is 14.8 Å². The highest BCUT2D eigenvalue weighted by Crippen LogP contribution is 2.43. The molecular weight excluding hydrogens is 484 g/mol. The smallest absolute Gasteiger partial charge is 0.244 e. The van der Waals surface area contributed by atoms with Crippen molar-refractivity contribution >= 4 is 12.0 Å².